The maximum Gasteiger partial charge on any atom is 0.113 e. The lowest BCUT2D eigenvalue weighted by atomic mass is 9.95. The van der Waals surface area contributed by atoms with Gasteiger partial charge in [0.1, 0.15) is 7.85 Å². The molecule has 0 spiro atoms. The molecular weight excluding hydrogens is 137 g/mol. The van der Waals surface area contributed by atoms with Crippen LogP contribution in [0.1, 0.15) is 5.56 Å². The van der Waals surface area contributed by atoms with E-state index in [0.29, 0.717) is 0 Å². The van der Waals surface area contributed by atoms with Crippen LogP contribution in [0.4, 0.5) is 0 Å². The number of hydroxylamine groups is 1. The van der Waals surface area contributed by atoms with Gasteiger partial charge in [-0.1, -0.05) is 29.7 Å². The molecule has 0 aliphatic rings. The zero-order valence-electron chi connectivity index (χ0n) is 5.99. The standard InChI is InChI=1S/C8H8BNO/c9-8-3-1-7(2-4-8)5-6-10-11/h1-6,10-11H/b6-5+. The van der Waals surface area contributed by atoms with Crippen molar-refractivity contribution >= 4 is 19.4 Å². The summed E-state index contributed by atoms with van der Waals surface area (Å²) in [6, 6.07) is 7.33. The van der Waals surface area contributed by atoms with Crippen molar-refractivity contribution in [1.82, 2.24) is 5.48 Å². The lowest BCUT2D eigenvalue weighted by Gasteiger charge is -1.93. The Bertz CT molecular complexity index is 243. The molecule has 11 heavy (non-hydrogen) atoms. The van der Waals surface area contributed by atoms with Gasteiger partial charge in [0.15, 0.2) is 0 Å². The third kappa shape index (κ3) is 2.47. The average molecular weight is 145 g/mol. The molecule has 1 aromatic carbocycles. The zero-order valence-corrected chi connectivity index (χ0v) is 5.99. The molecular formula is C8H8BNO. The highest BCUT2D eigenvalue weighted by atomic mass is 16.5. The van der Waals surface area contributed by atoms with E-state index in [4.69, 9.17) is 13.1 Å². The van der Waals surface area contributed by atoms with Gasteiger partial charge in [-0.15, -0.1) is 0 Å². The van der Waals surface area contributed by atoms with Crippen molar-refractivity contribution in [2.45, 2.75) is 0 Å². The molecule has 0 saturated heterocycles. The third-order valence-corrected chi connectivity index (χ3v) is 1.29. The molecule has 0 bridgehead atoms. The van der Waals surface area contributed by atoms with E-state index in [-0.39, 0.29) is 0 Å². The molecule has 0 heterocycles. The molecule has 1 rings (SSSR count). The van der Waals surface area contributed by atoms with E-state index in [1.165, 1.54) is 6.20 Å². The monoisotopic (exact) mass is 145 g/mol. The minimum Gasteiger partial charge on any atom is -0.292 e. The molecule has 0 fully saturated rings. The van der Waals surface area contributed by atoms with Crippen LogP contribution in [-0.4, -0.2) is 13.1 Å². The van der Waals surface area contributed by atoms with Gasteiger partial charge in [-0.2, -0.15) is 0 Å². The summed E-state index contributed by atoms with van der Waals surface area (Å²) >= 11 is 0. The summed E-state index contributed by atoms with van der Waals surface area (Å²) < 4.78 is 0. The fraction of sp³-hybridized carbons (Fsp3) is 0. The van der Waals surface area contributed by atoms with Gasteiger partial charge in [0.25, 0.3) is 0 Å². The maximum atomic E-state index is 8.22. The van der Waals surface area contributed by atoms with Gasteiger partial charge in [-0.05, 0) is 11.6 Å². The van der Waals surface area contributed by atoms with E-state index in [1.54, 1.807) is 18.2 Å². The molecule has 0 atom stereocenters. The van der Waals surface area contributed by atoms with Crippen LogP contribution in [0.3, 0.4) is 0 Å². The number of rotatable bonds is 2. The van der Waals surface area contributed by atoms with Crippen LogP contribution in [-0.2, 0) is 0 Å². The normalized spacial score (nSPS) is 10.3. The van der Waals surface area contributed by atoms with Crippen LogP contribution in [0.25, 0.3) is 6.08 Å². The quantitative estimate of drug-likeness (QED) is 0.467. The van der Waals surface area contributed by atoms with Crippen LogP contribution < -0.4 is 10.9 Å². The number of nitrogens with one attached hydrogen (secondary N) is 1. The minimum absolute atomic E-state index is 0.735. The molecule has 0 aromatic heterocycles. The Morgan fingerprint density at radius 1 is 1.27 bits per heavy atom. The van der Waals surface area contributed by atoms with Gasteiger partial charge in [0.05, 0.1) is 0 Å². The van der Waals surface area contributed by atoms with Crippen LogP contribution >= 0.6 is 0 Å². The molecule has 1 aromatic rings. The predicted octanol–water partition coefficient (Wildman–Crippen LogP) is 0.430. The summed E-state index contributed by atoms with van der Waals surface area (Å²) in [6.07, 6.45) is 3.17. The summed E-state index contributed by atoms with van der Waals surface area (Å²) in [5.41, 5.74) is 3.64. The van der Waals surface area contributed by atoms with Crippen LogP contribution in [0.15, 0.2) is 30.5 Å². The molecule has 0 aliphatic heterocycles. The molecule has 0 unspecified atom stereocenters. The highest BCUT2D eigenvalue weighted by Crippen LogP contribution is 1.97. The number of benzene rings is 1. The van der Waals surface area contributed by atoms with Crippen molar-refractivity contribution in [3.63, 3.8) is 0 Å². The Kier molecular flexibility index (Phi) is 2.75. The first-order valence-electron chi connectivity index (χ1n) is 3.24. The van der Waals surface area contributed by atoms with E-state index in [0.717, 1.165) is 11.0 Å². The second-order valence-corrected chi connectivity index (χ2v) is 2.13. The smallest absolute Gasteiger partial charge is 0.113 e. The molecule has 2 N–H and O–H groups in total. The second-order valence-electron chi connectivity index (χ2n) is 2.13. The maximum absolute atomic E-state index is 8.22. The third-order valence-electron chi connectivity index (χ3n) is 1.29. The Hall–Kier alpha value is -1.22. The average Bonchev–Trinajstić information content (AvgIpc) is 2.04. The van der Waals surface area contributed by atoms with Crippen molar-refractivity contribution in [3.05, 3.63) is 36.0 Å². The Morgan fingerprint density at radius 2 is 1.91 bits per heavy atom. The van der Waals surface area contributed by atoms with Crippen LogP contribution in [0, 0.1) is 0 Å². The first-order chi connectivity index (χ1) is 5.33. The molecule has 2 radical (unpaired) electrons. The van der Waals surface area contributed by atoms with Crippen molar-refractivity contribution in [1.29, 1.82) is 0 Å². The van der Waals surface area contributed by atoms with Gasteiger partial charge in [0.2, 0.25) is 0 Å². The highest BCUT2D eigenvalue weighted by molar-refractivity contribution is 6.32. The molecule has 0 amide bonds. The van der Waals surface area contributed by atoms with Crippen molar-refractivity contribution in [2.24, 2.45) is 0 Å². The fourth-order valence-electron chi connectivity index (χ4n) is 0.741. The number of hydrogen-bond acceptors (Lipinski definition) is 2. The molecule has 0 saturated carbocycles. The van der Waals surface area contributed by atoms with Crippen LogP contribution in [0.2, 0.25) is 0 Å². The van der Waals surface area contributed by atoms with Gasteiger partial charge in [-0.25, -0.2) is 0 Å². The van der Waals surface area contributed by atoms with E-state index in [1.807, 2.05) is 17.6 Å². The van der Waals surface area contributed by atoms with E-state index in [2.05, 4.69) is 0 Å². The predicted molar refractivity (Wildman–Crippen MR) is 45.8 cm³/mol. The van der Waals surface area contributed by atoms with Gasteiger partial charge in [-0.3, -0.25) is 10.7 Å². The Labute approximate surface area is 66.9 Å². The number of hydrogen-bond donors (Lipinski definition) is 2. The summed E-state index contributed by atoms with van der Waals surface area (Å²) in [5.74, 6) is 0. The first-order valence-corrected chi connectivity index (χ1v) is 3.24. The topological polar surface area (TPSA) is 32.3 Å². The summed E-state index contributed by atoms with van der Waals surface area (Å²) in [7, 11) is 5.47. The first kappa shape index (κ1) is 7.89. The Morgan fingerprint density at radius 3 is 2.45 bits per heavy atom. The molecule has 2 nitrogen and oxygen atoms in total. The molecule has 3 heteroatoms. The Balaban J connectivity index is 2.73. The van der Waals surface area contributed by atoms with Gasteiger partial charge in [0, 0.05) is 6.20 Å². The summed E-state index contributed by atoms with van der Waals surface area (Å²) in [4.78, 5) is 0. The highest BCUT2D eigenvalue weighted by Gasteiger charge is 1.84. The van der Waals surface area contributed by atoms with Crippen molar-refractivity contribution in [2.75, 3.05) is 0 Å². The van der Waals surface area contributed by atoms with Crippen molar-refractivity contribution in [3.8, 4) is 0 Å². The largest absolute Gasteiger partial charge is 0.292 e. The molecule has 0 aliphatic carbocycles. The SMILES string of the molecule is [B]c1ccc(/C=C/NO)cc1. The van der Waals surface area contributed by atoms with E-state index < -0.39 is 0 Å². The lowest BCUT2D eigenvalue weighted by molar-refractivity contribution is 0.215. The molecule has 54 valence electrons. The zero-order chi connectivity index (χ0) is 8.10. The minimum atomic E-state index is 0.735. The fourth-order valence-corrected chi connectivity index (χ4v) is 0.741. The second kappa shape index (κ2) is 3.83. The van der Waals surface area contributed by atoms with Crippen LogP contribution in [0.5, 0.6) is 0 Å². The summed E-state index contributed by atoms with van der Waals surface area (Å²) in [6.45, 7) is 0. The van der Waals surface area contributed by atoms with E-state index in [9.17, 15) is 0 Å². The van der Waals surface area contributed by atoms with Gasteiger partial charge >= 0.3 is 0 Å². The van der Waals surface area contributed by atoms with E-state index >= 15 is 0 Å². The summed E-state index contributed by atoms with van der Waals surface area (Å²) in [5, 5.41) is 8.22. The lowest BCUT2D eigenvalue weighted by Crippen LogP contribution is -1.99. The van der Waals surface area contributed by atoms with Crippen molar-refractivity contribution < 1.29 is 5.21 Å². The van der Waals surface area contributed by atoms with Gasteiger partial charge < -0.3 is 0 Å².